The zero-order valence-electron chi connectivity index (χ0n) is 12.7. The zero-order chi connectivity index (χ0) is 13.7. The molecule has 1 N–H and O–H groups in total. The standard InChI is InChI=1S/C17H28N2/c1-14-9-11-16(12-10-14)19(3)13-15-7-5-4-6-8-17(15)18-2/h9-12,15,17-18H,4-8,13H2,1-3H3. The van der Waals surface area contributed by atoms with Gasteiger partial charge in [-0.15, -0.1) is 0 Å². The molecule has 0 bridgehead atoms. The molecule has 1 aliphatic carbocycles. The van der Waals surface area contributed by atoms with Gasteiger partial charge in [-0.3, -0.25) is 0 Å². The van der Waals surface area contributed by atoms with E-state index in [1.165, 1.54) is 43.4 Å². The molecule has 0 radical (unpaired) electrons. The molecular weight excluding hydrogens is 232 g/mol. The minimum absolute atomic E-state index is 0.690. The largest absolute Gasteiger partial charge is 0.374 e. The van der Waals surface area contributed by atoms with Crippen molar-refractivity contribution in [3.63, 3.8) is 0 Å². The average Bonchev–Trinajstić information content (AvgIpc) is 2.64. The van der Waals surface area contributed by atoms with Crippen molar-refractivity contribution in [1.82, 2.24) is 5.32 Å². The summed E-state index contributed by atoms with van der Waals surface area (Å²) in [5.41, 5.74) is 2.67. The molecule has 2 nitrogen and oxygen atoms in total. The lowest BCUT2D eigenvalue weighted by Gasteiger charge is -2.30. The van der Waals surface area contributed by atoms with Crippen molar-refractivity contribution >= 4 is 5.69 Å². The molecule has 0 heterocycles. The predicted octanol–water partition coefficient (Wildman–Crippen LogP) is 3.60. The van der Waals surface area contributed by atoms with Crippen molar-refractivity contribution in [2.24, 2.45) is 5.92 Å². The van der Waals surface area contributed by atoms with E-state index in [0.717, 1.165) is 12.5 Å². The lowest BCUT2D eigenvalue weighted by atomic mass is 9.94. The Morgan fingerprint density at radius 2 is 1.79 bits per heavy atom. The molecule has 1 aliphatic rings. The Morgan fingerprint density at radius 1 is 1.11 bits per heavy atom. The summed E-state index contributed by atoms with van der Waals surface area (Å²) in [6, 6.07) is 9.57. The summed E-state index contributed by atoms with van der Waals surface area (Å²) < 4.78 is 0. The Hall–Kier alpha value is -1.02. The summed E-state index contributed by atoms with van der Waals surface area (Å²) in [5, 5.41) is 3.53. The topological polar surface area (TPSA) is 15.3 Å². The molecule has 19 heavy (non-hydrogen) atoms. The fourth-order valence-corrected chi connectivity index (χ4v) is 3.24. The van der Waals surface area contributed by atoms with Crippen LogP contribution < -0.4 is 10.2 Å². The van der Waals surface area contributed by atoms with E-state index in [1.54, 1.807) is 0 Å². The fraction of sp³-hybridized carbons (Fsp3) is 0.647. The van der Waals surface area contributed by atoms with Gasteiger partial charge in [0.1, 0.15) is 0 Å². The summed E-state index contributed by atoms with van der Waals surface area (Å²) in [5.74, 6) is 0.777. The highest BCUT2D eigenvalue weighted by Crippen LogP contribution is 2.25. The van der Waals surface area contributed by atoms with Gasteiger partial charge in [0.15, 0.2) is 0 Å². The quantitative estimate of drug-likeness (QED) is 0.832. The summed E-state index contributed by atoms with van der Waals surface area (Å²) in [7, 11) is 4.34. The van der Waals surface area contributed by atoms with Gasteiger partial charge < -0.3 is 10.2 Å². The van der Waals surface area contributed by atoms with Crippen LogP contribution in [0, 0.1) is 12.8 Å². The highest BCUT2D eigenvalue weighted by atomic mass is 15.1. The highest BCUT2D eigenvalue weighted by Gasteiger charge is 2.23. The fourth-order valence-electron chi connectivity index (χ4n) is 3.24. The second-order valence-electron chi connectivity index (χ2n) is 6.01. The van der Waals surface area contributed by atoms with Crippen molar-refractivity contribution in [1.29, 1.82) is 0 Å². The van der Waals surface area contributed by atoms with Crippen molar-refractivity contribution in [2.75, 3.05) is 25.5 Å². The van der Waals surface area contributed by atoms with Crippen LogP contribution in [0.5, 0.6) is 0 Å². The predicted molar refractivity (Wildman–Crippen MR) is 83.9 cm³/mol. The second-order valence-corrected chi connectivity index (χ2v) is 6.01. The van der Waals surface area contributed by atoms with E-state index in [1.807, 2.05) is 0 Å². The molecule has 2 rings (SSSR count). The SMILES string of the molecule is CNC1CCCCCC1CN(C)c1ccc(C)cc1. The smallest absolute Gasteiger partial charge is 0.0363 e. The molecule has 0 saturated heterocycles. The van der Waals surface area contributed by atoms with Crippen LogP contribution >= 0.6 is 0 Å². The number of hydrogen-bond acceptors (Lipinski definition) is 2. The van der Waals surface area contributed by atoms with Gasteiger partial charge in [-0.05, 0) is 44.9 Å². The minimum atomic E-state index is 0.690. The summed E-state index contributed by atoms with van der Waals surface area (Å²) in [6.45, 7) is 3.31. The Labute approximate surface area is 118 Å². The molecular formula is C17H28N2. The second kappa shape index (κ2) is 6.95. The lowest BCUT2D eigenvalue weighted by molar-refractivity contribution is 0.356. The molecule has 2 heteroatoms. The Balaban J connectivity index is 1.99. The lowest BCUT2D eigenvalue weighted by Crippen LogP contribution is -2.39. The monoisotopic (exact) mass is 260 g/mol. The van der Waals surface area contributed by atoms with Gasteiger partial charge >= 0.3 is 0 Å². The van der Waals surface area contributed by atoms with Crippen LogP contribution in [0.3, 0.4) is 0 Å². The van der Waals surface area contributed by atoms with Crippen LogP contribution in [0.15, 0.2) is 24.3 Å². The van der Waals surface area contributed by atoms with E-state index in [9.17, 15) is 0 Å². The van der Waals surface area contributed by atoms with Crippen molar-refractivity contribution in [3.05, 3.63) is 29.8 Å². The number of anilines is 1. The molecule has 0 aliphatic heterocycles. The zero-order valence-corrected chi connectivity index (χ0v) is 12.7. The average molecular weight is 260 g/mol. The molecule has 0 spiro atoms. The van der Waals surface area contributed by atoms with Crippen LogP contribution in [0.2, 0.25) is 0 Å². The number of aryl methyl sites for hydroxylation is 1. The molecule has 1 fully saturated rings. The van der Waals surface area contributed by atoms with Gasteiger partial charge in [0.25, 0.3) is 0 Å². The number of nitrogens with zero attached hydrogens (tertiary/aromatic N) is 1. The van der Waals surface area contributed by atoms with Crippen LogP contribution in [0.1, 0.15) is 37.7 Å². The molecule has 1 aromatic rings. The Kier molecular flexibility index (Phi) is 5.26. The summed E-state index contributed by atoms with van der Waals surface area (Å²) in [4.78, 5) is 2.42. The van der Waals surface area contributed by atoms with E-state index in [4.69, 9.17) is 0 Å². The van der Waals surface area contributed by atoms with Gasteiger partial charge in [-0.1, -0.05) is 37.0 Å². The van der Waals surface area contributed by atoms with Gasteiger partial charge in [-0.2, -0.15) is 0 Å². The van der Waals surface area contributed by atoms with Gasteiger partial charge in [0, 0.05) is 25.3 Å². The van der Waals surface area contributed by atoms with E-state index >= 15 is 0 Å². The first-order valence-corrected chi connectivity index (χ1v) is 7.66. The van der Waals surface area contributed by atoms with E-state index in [2.05, 4.69) is 55.5 Å². The molecule has 1 aromatic carbocycles. The normalized spacial score (nSPS) is 23.9. The summed E-state index contributed by atoms with van der Waals surface area (Å²) >= 11 is 0. The maximum Gasteiger partial charge on any atom is 0.0363 e. The van der Waals surface area contributed by atoms with Gasteiger partial charge in [0.2, 0.25) is 0 Å². The van der Waals surface area contributed by atoms with Crippen LogP contribution in [-0.4, -0.2) is 26.7 Å². The van der Waals surface area contributed by atoms with Crippen molar-refractivity contribution < 1.29 is 0 Å². The van der Waals surface area contributed by atoms with E-state index in [0.29, 0.717) is 6.04 Å². The third kappa shape index (κ3) is 3.97. The molecule has 0 aromatic heterocycles. The number of rotatable bonds is 4. The first kappa shape index (κ1) is 14.4. The van der Waals surface area contributed by atoms with Crippen molar-refractivity contribution in [3.8, 4) is 0 Å². The maximum absolute atomic E-state index is 3.53. The third-order valence-corrected chi connectivity index (χ3v) is 4.51. The molecule has 0 amide bonds. The van der Waals surface area contributed by atoms with Gasteiger partial charge in [0.05, 0.1) is 0 Å². The van der Waals surface area contributed by atoms with Crippen molar-refractivity contribution in [2.45, 2.75) is 45.1 Å². The first-order valence-electron chi connectivity index (χ1n) is 7.66. The molecule has 2 atom stereocenters. The number of nitrogens with one attached hydrogen (secondary N) is 1. The van der Waals surface area contributed by atoms with Crippen LogP contribution in [-0.2, 0) is 0 Å². The van der Waals surface area contributed by atoms with Gasteiger partial charge in [-0.25, -0.2) is 0 Å². The minimum Gasteiger partial charge on any atom is -0.374 e. The van der Waals surface area contributed by atoms with Crippen LogP contribution in [0.25, 0.3) is 0 Å². The van der Waals surface area contributed by atoms with E-state index in [-0.39, 0.29) is 0 Å². The number of benzene rings is 1. The summed E-state index contributed by atoms with van der Waals surface area (Å²) in [6.07, 6.45) is 6.88. The maximum atomic E-state index is 3.53. The molecule has 2 unspecified atom stereocenters. The Bertz CT molecular complexity index is 371. The molecule has 106 valence electrons. The first-order chi connectivity index (χ1) is 9.20. The third-order valence-electron chi connectivity index (χ3n) is 4.51. The Morgan fingerprint density at radius 3 is 2.47 bits per heavy atom. The highest BCUT2D eigenvalue weighted by molar-refractivity contribution is 5.46. The van der Waals surface area contributed by atoms with Crippen LogP contribution in [0.4, 0.5) is 5.69 Å². The van der Waals surface area contributed by atoms with E-state index < -0.39 is 0 Å². The molecule has 1 saturated carbocycles. The number of hydrogen-bond donors (Lipinski definition) is 1.